The molecule has 61 valence electrons. The molecule has 0 aliphatic carbocycles. The number of ether oxygens (including phenoxy) is 3. The molecule has 0 saturated heterocycles. The van der Waals surface area contributed by atoms with Crippen molar-refractivity contribution in [3.8, 4) is 0 Å². The van der Waals surface area contributed by atoms with Crippen LogP contribution in [0.1, 0.15) is 13.8 Å². The molecule has 0 unspecified atom stereocenters. The summed E-state index contributed by atoms with van der Waals surface area (Å²) in [4.78, 5) is 0. The zero-order valence-corrected chi connectivity index (χ0v) is 6.85. The van der Waals surface area contributed by atoms with Gasteiger partial charge in [-0.2, -0.15) is 0 Å². The fourth-order valence-electron chi connectivity index (χ4n) is 0.361. The highest BCUT2D eigenvalue weighted by molar-refractivity contribution is 4.57. The lowest BCUT2D eigenvalue weighted by Gasteiger charge is -2.06. The van der Waals surface area contributed by atoms with Crippen LogP contribution in [0, 0.1) is 6.10 Å². The fraction of sp³-hybridized carbons (Fsp3) is 0.857. The molecule has 3 nitrogen and oxygen atoms in total. The zero-order chi connectivity index (χ0) is 7.82. The highest BCUT2D eigenvalue weighted by Gasteiger charge is 1.92. The first-order valence-corrected chi connectivity index (χ1v) is 3.27. The van der Waals surface area contributed by atoms with Crippen molar-refractivity contribution in [2.75, 3.05) is 27.1 Å². The predicted molar refractivity (Wildman–Crippen MR) is 38.4 cm³/mol. The summed E-state index contributed by atoms with van der Waals surface area (Å²) in [5, 5.41) is 0. The molecule has 0 fully saturated rings. The van der Waals surface area contributed by atoms with E-state index in [-0.39, 0.29) is 0 Å². The molecule has 0 bridgehead atoms. The summed E-state index contributed by atoms with van der Waals surface area (Å²) in [5.74, 6) is 0. The topological polar surface area (TPSA) is 27.7 Å². The Morgan fingerprint density at radius 1 is 1.20 bits per heavy atom. The second-order valence-corrected chi connectivity index (χ2v) is 2.07. The average molecular weight is 147 g/mol. The van der Waals surface area contributed by atoms with Crippen molar-refractivity contribution in [1.82, 2.24) is 0 Å². The van der Waals surface area contributed by atoms with Crippen molar-refractivity contribution in [2.24, 2.45) is 0 Å². The van der Waals surface area contributed by atoms with E-state index in [1.807, 2.05) is 13.8 Å². The average Bonchev–Trinajstić information content (AvgIpc) is 1.87. The SMILES string of the molecule is COCCOCO[C](C)C. The van der Waals surface area contributed by atoms with Gasteiger partial charge in [0.1, 0.15) is 6.79 Å². The van der Waals surface area contributed by atoms with Crippen molar-refractivity contribution < 1.29 is 14.2 Å². The third kappa shape index (κ3) is 7.88. The van der Waals surface area contributed by atoms with Crippen LogP contribution in [0.5, 0.6) is 0 Å². The van der Waals surface area contributed by atoms with Gasteiger partial charge in [-0.15, -0.1) is 0 Å². The van der Waals surface area contributed by atoms with Crippen molar-refractivity contribution in [2.45, 2.75) is 13.8 Å². The molecule has 0 atom stereocenters. The van der Waals surface area contributed by atoms with Gasteiger partial charge in [0.25, 0.3) is 0 Å². The van der Waals surface area contributed by atoms with Crippen LogP contribution in [0.15, 0.2) is 0 Å². The first kappa shape index (κ1) is 9.88. The van der Waals surface area contributed by atoms with Crippen LogP contribution >= 0.6 is 0 Å². The first-order chi connectivity index (χ1) is 4.77. The van der Waals surface area contributed by atoms with E-state index in [2.05, 4.69) is 0 Å². The minimum absolute atomic E-state index is 0.325. The summed E-state index contributed by atoms with van der Waals surface area (Å²) in [5.41, 5.74) is 0. The smallest absolute Gasteiger partial charge is 0.147 e. The number of rotatable bonds is 6. The molecule has 0 spiro atoms. The standard InChI is InChI=1S/C7H15O3/c1-7(2)10-6-9-5-4-8-3/h4-6H2,1-3H3. The third-order valence-electron chi connectivity index (χ3n) is 0.863. The van der Waals surface area contributed by atoms with Crippen LogP contribution in [0.3, 0.4) is 0 Å². The molecule has 0 rings (SSSR count). The minimum Gasteiger partial charge on any atom is -0.382 e. The zero-order valence-electron chi connectivity index (χ0n) is 6.85. The highest BCUT2D eigenvalue weighted by atomic mass is 16.7. The maximum absolute atomic E-state index is 5.03. The van der Waals surface area contributed by atoms with E-state index in [1.54, 1.807) is 7.11 Å². The molecule has 0 aliphatic rings. The quantitative estimate of drug-likeness (QED) is 0.417. The maximum Gasteiger partial charge on any atom is 0.147 e. The molecule has 0 aromatic heterocycles. The molecular weight excluding hydrogens is 132 g/mol. The second kappa shape index (κ2) is 6.99. The fourth-order valence-corrected chi connectivity index (χ4v) is 0.361. The number of hydrogen-bond acceptors (Lipinski definition) is 3. The van der Waals surface area contributed by atoms with Crippen LogP contribution < -0.4 is 0 Å². The van der Waals surface area contributed by atoms with Gasteiger partial charge >= 0.3 is 0 Å². The normalized spacial score (nSPS) is 10.8. The molecule has 1 radical (unpaired) electrons. The second-order valence-electron chi connectivity index (χ2n) is 2.07. The molecule has 0 heterocycles. The maximum atomic E-state index is 5.03. The number of hydrogen-bond donors (Lipinski definition) is 0. The molecule has 3 heteroatoms. The van der Waals surface area contributed by atoms with E-state index in [9.17, 15) is 0 Å². The van der Waals surface area contributed by atoms with Crippen molar-refractivity contribution >= 4 is 0 Å². The van der Waals surface area contributed by atoms with Crippen LogP contribution in [-0.4, -0.2) is 27.1 Å². The van der Waals surface area contributed by atoms with Crippen LogP contribution in [0.25, 0.3) is 0 Å². The van der Waals surface area contributed by atoms with Gasteiger partial charge in [-0.1, -0.05) is 0 Å². The Morgan fingerprint density at radius 3 is 2.40 bits per heavy atom. The van der Waals surface area contributed by atoms with Crippen molar-refractivity contribution in [3.05, 3.63) is 6.10 Å². The largest absolute Gasteiger partial charge is 0.382 e. The van der Waals surface area contributed by atoms with Gasteiger partial charge in [0.2, 0.25) is 0 Å². The molecule has 0 N–H and O–H groups in total. The van der Waals surface area contributed by atoms with Gasteiger partial charge in [0, 0.05) is 7.11 Å². The van der Waals surface area contributed by atoms with E-state index < -0.39 is 0 Å². The van der Waals surface area contributed by atoms with E-state index >= 15 is 0 Å². The lowest BCUT2D eigenvalue weighted by molar-refractivity contribution is -0.0569. The predicted octanol–water partition coefficient (Wildman–Crippen LogP) is 1.20. The Morgan fingerprint density at radius 2 is 1.90 bits per heavy atom. The van der Waals surface area contributed by atoms with Crippen molar-refractivity contribution in [1.29, 1.82) is 0 Å². The highest BCUT2D eigenvalue weighted by Crippen LogP contribution is 1.95. The van der Waals surface area contributed by atoms with Crippen LogP contribution in [-0.2, 0) is 14.2 Å². The Kier molecular flexibility index (Phi) is 6.91. The summed E-state index contributed by atoms with van der Waals surface area (Å²) in [6, 6.07) is 0. The molecule has 0 aliphatic heterocycles. The van der Waals surface area contributed by atoms with Gasteiger partial charge in [0.15, 0.2) is 0 Å². The molecular formula is C7H15O3. The first-order valence-electron chi connectivity index (χ1n) is 3.27. The van der Waals surface area contributed by atoms with Gasteiger partial charge in [0.05, 0.1) is 19.3 Å². The third-order valence-corrected chi connectivity index (χ3v) is 0.863. The van der Waals surface area contributed by atoms with E-state index in [1.165, 1.54) is 0 Å². The minimum atomic E-state index is 0.325. The monoisotopic (exact) mass is 147 g/mol. The van der Waals surface area contributed by atoms with E-state index in [0.717, 1.165) is 6.10 Å². The lowest BCUT2D eigenvalue weighted by Crippen LogP contribution is -2.06. The van der Waals surface area contributed by atoms with Crippen molar-refractivity contribution in [3.63, 3.8) is 0 Å². The van der Waals surface area contributed by atoms with Gasteiger partial charge in [-0.05, 0) is 13.8 Å². The Hall–Kier alpha value is -0.120. The summed E-state index contributed by atoms with van der Waals surface area (Å²) in [6.45, 7) is 5.31. The number of methoxy groups -OCH3 is 1. The lowest BCUT2D eigenvalue weighted by atomic mass is 10.5. The van der Waals surface area contributed by atoms with Gasteiger partial charge in [-0.25, -0.2) is 0 Å². The van der Waals surface area contributed by atoms with Crippen LogP contribution in [0.2, 0.25) is 0 Å². The molecule has 10 heavy (non-hydrogen) atoms. The van der Waals surface area contributed by atoms with Crippen LogP contribution in [0.4, 0.5) is 0 Å². The summed E-state index contributed by atoms with van der Waals surface area (Å²) < 4.78 is 14.8. The Balaban J connectivity index is 2.77. The molecule has 0 saturated carbocycles. The summed E-state index contributed by atoms with van der Waals surface area (Å²) in [6.07, 6.45) is 0.914. The van der Waals surface area contributed by atoms with E-state index in [0.29, 0.717) is 20.0 Å². The van der Waals surface area contributed by atoms with Gasteiger partial charge in [-0.3, -0.25) is 0 Å². The van der Waals surface area contributed by atoms with Gasteiger partial charge < -0.3 is 14.2 Å². The molecule has 0 aromatic rings. The van der Waals surface area contributed by atoms with E-state index in [4.69, 9.17) is 14.2 Å². The molecule has 0 amide bonds. The Bertz CT molecular complexity index is 63.9. The summed E-state index contributed by atoms with van der Waals surface area (Å²) >= 11 is 0. The molecule has 0 aromatic carbocycles. The summed E-state index contributed by atoms with van der Waals surface area (Å²) in [7, 11) is 1.64. The Labute approximate surface area is 62.3 Å².